The number of fused-ring (bicyclic) bond motifs is 1. The highest BCUT2D eigenvalue weighted by Gasteiger charge is 2.35. The van der Waals surface area contributed by atoms with Crippen LogP contribution in [0.2, 0.25) is 0 Å². The molecule has 0 bridgehead atoms. The van der Waals surface area contributed by atoms with Crippen LogP contribution in [0.1, 0.15) is 24.1 Å². The first-order valence-corrected chi connectivity index (χ1v) is 11.3. The molecule has 4 rings (SSSR count). The third kappa shape index (κ3) is 3.80. The zero-order valence-electron chi connectivity index (χ0n) is 16.1. The lowest BCUT2D eigenvalue weighted by molar-refractivity contribution is -0.144. The van der Waals surface area contributed by atoms with Gasteiger partial charge in [-0.25, -0.2) is 13.1 Å². The van der Waals surface area contributed by atoms with Crippen molar-refractivity contribution in [3.63, 3.8) is 0 Å². The van der Waals surface area contributed by atoms with Crippen LogP contribution in [0.25, 0.3) is 5.69 Å². The predicted octanol–water partition coefficient (Wildman–Crippen LogP) is -0.0369. The van der Waals surface area contributed by atoms with E-state index < -0.39 is 27.6 Å². The van der Waals surface area contributed by atoms with E-state index in [1.165, 1.54) is 9.58 Å². The van der Waals surface area contributed by atoms with E-state index in [0.717, 1.165) is 0 Å². The number of nitrogens with one attached hydrogen (secondary N) is 1. The number of carbonyl (C=O) groups is 3. The van der Waals surface area contributed by atoms with Crippen molar-refractivity contribution in [2.24, 2.45) is 11.7 Å². The number of sulfone groups is 1. The second-order valence-corrected chi connectivity index (χ2v) is 9.54. The van der Waals surface area contributed by atoms with Crippen molar-refractivity contribution in [3.05, 3.63) is 41.6 Å². The Hall–Kier alpha value is -3.21. The number of amides is 3. The average molecular weight is 431 g/mol. The number of benzene rings is 1. The molecule has 158 valence electrons. The van der Waals surface area contributed by atoms with Crippen molar-refractivity contribution in [3.8, 4) is 5.69 Å². The standard InChI is InChI=1S/C19H21N5O5S/c20-16(25)12-6-8-23(9-7-12)19(27)18(26)21-17-14-10-30(28,29)11-15(14)22-24(17)13-4-2-1-3-5-13/h1-5,12H,6-11H2,(H2,20,25)(H,21,26). The SMILES string of the molecule is NC(=O)C1CCN(C(=O)C(=O)Nc2c3c(nn2-c2ccccc2)CS(=O)(=O)C3)CC1. The first kappa shape index (κ1) is 20.1. The Balaban J connectivity index is 1.57. The molecule has 2 aliphatic heterocycles. The summed E-state index contributed by atoms with van der Waals surface area (Å²) in [4.78, 5) is 38.0. The number of nitrogens with zero attached hydrogens (tertiary/aromatic N) is 3. The Kier molecular flexibility index (Phi) is 5.06. The van der Waals surface area contributed by atoms with Crippen LogP contribution < -0.4 is 11.1 Å². The second kappa shape index (κ2) is 7.56. The van der Waals surface area contributed by atoms with Gasteiger partial charge < -0.3 is 16.0 Å². The van der Waals surface area contributed by atoms with E-state index in [-0.39, 0.29) is 36.3 Å². The molecule has 10 nitrogen and oxygen atoms in total. The molecule has 1 aromatic heterocycles. The van der Waals surface area contributed by atoms with Crippen LogP contribution in [0.4, 0.5) is 5.82 Å². The summed E-state index contributed by atoms with van der Waals surface area (Å²) in [5, 5.41) is 6.93. The number of aromatic nitrogens is 2. The van der Waals surface area contributed by atoms with Gasteiger partial charge in [-0.3, -0.25) is 14.4 Å². The smallest absolute Gasteiger partial charge is 0.315 e. The van der Waals surface area contributed by atoms with Crippen LogP contribution in [0.15, 0.2) is 30.3 Å². The lowest BCUT2D eigenvalue weighted by Crippen LogP contribution is -2.46. The van der Waals surface area contributed by atoms with Gasteiger partial charge in [0, 0.05) is 24.6 Å². The number of hydrogen-bond donors (Lipinski definition) is 2. The van der Waals surface area contributed by atoms with E-state index in [9.17, 15) is 22.8 Å². The summed E-state index contributed by atoms with van der Waals surface area (Å²) in [6.45, 7) is 0.509. The van der Waals surface area contributed by atoms with Gasteiger partial charge in [-0.1, -0.05) is 18.2 Å². The Morgan fingerprint density at radius 3 is 2.37 bits per heavy atom. The minimum Gasteiger partial charge on any atom is -0.369 e. The van der Waals surface area contributed by atoms with E-state index in [2.05, 4.69) is 10.4 Å². The Morgan fingerprint density at radius 1 is 1.07 bits per heavy atom. The van der Waals surface area contributed by atoms with Crippen molar-refractivity contribution in [2.45, 2.75) is 24.3 Å². The third-order valence-corrected chi connectivity index (χ3v) is 6.84. The highest BCUT2D eigenvalue weighted by atomic mass is 32.2. The van der Waals surface area contributed by atoms with Crippen LogP contribution in [-0.4, -0.2) is 53.9 Å². The summed E-state index contributed by atoms with van der Waals surface area (Å²) in [6.07, 6.45) is 0.813. The lowest BCUT2D eigenvalue weighted by atomic mass is 9.96. The van der Waals surface area contributed by atoms with Crippen LogP contribution in [-0.2, 0) is 35.7 Å². The van der Waals surface area contributed by atoms with Crippen molar-refractivity contribution >= 4 is 33.4 Å². The molecule has 2 aromatic rings. The van der Waals surface area contributed by atoms with Crippen molar-refractivity contribution in [2.75, 3.05) is 18.4 Å². The quantitative estimate of drug-likeness (QED) is 0.653. The molecule has 30 heavy (non-hydrogen) atoms. The van der Waals surface area contributed by atoms with Gasteiger partial charge >= 0.3 is 11.8 Å². The Labute approximate surface area is 172 Å². The minimum absolute atomic E-state index is 0.183. The third-order valence-electron chi connectivity index (χ3n) is 5.40. The molecule has 2 aliphatic rings. The minimum atomic E-state index is -3.34. The summed E-state index contributed by atoms with van der Waals surface area (Å²) >= 11 is 0. The number of rotatable bonds is 3. The summed E-state index contributed by atoms with van der Waals surface area (Å²) in [7, 11) is -3.34. The van der Waals surface area contributed by atoms with Gasteiger partial charge in [0.05, 0.1) is 22.9 Å². The normalized spacial score (nSPS) is 18.1. The molecular weight excluding hydrogens is 410 g/mol. The molecule has 0 unspecified atom stereocenters. The topological polar surface area (TPSA) is 144 Å². The number of primary amides is 1. The predicted molar refractivity (Wildman–Crippen MR) is 107 cm³/mol. The second-order valence-electron chi connectivity index (χ2n) is 7.48. The van der Waals surface area contributed by atoms with Gasteiger partial charge in [-0.05, 0) is 25.0 Å². The van der Waals surface area contributed by atoms with Crippen molar-refractivity contribution < 1.29 is 22.8 Å². The first-order valence-electron chi connectivity index (χ1n) is 9.51. The highest BCUT2D eigenvalue weighted by Crippen LogP contribution is 2.33. The highest BCUT2D eigenvalue weighted by molar-refractivity contribution is 7.90. The molecule has 11 heteroatoms. The number of nitrogens with two attached hydrogens (primary N) is 1. The van der Waals surface area contributed by atoms with E-state index >= 15 is 0 Å². The van der Waals surface area contributed by atoms with Gasteiger partial charge in [0.15, 0.2) is 9.84 Å². The number of carbonyl (C=O) groups excluding carboxylic acids is 3. The molecule has 1 aromatic carbocycles. The zero-order valence-corrected chi connectivity index (χ0v) is 16.9. The van der Waals surface area contributed by atoms with E-state index in [0.29, 0.717) is 29.8 Å². The van der Waals surface area contributed by atoms with Gasteiger partial charge in [-0.15, -0.1) is 0 Å². The average Bonchev–Trinajstić information content (AvgIpc) is 3.20. The summed E-state index contributed by atoms with van der Waals surface area (Å²) in [5.74, 6) is -2.60. The zero-order chi connectivity index (χ0) is 21.5. The molecule has 1 fully saturated rings. The molecule has 0 aliphatic carbocycles. The lowest BCUT2D eigenvalue weighted by Gasteiger charge is -2.30. The van der Waals surface area contributed by atoms with Gasteiger partial charge in [-0.2, -0.15) is 5.10 Å². The summed E-state index contributed by atoms with van der Waals surface area (Å²) < 4.78 is 25.5. The number of para-hydroxylation sites is 1. The fraction of sp³-hybridized carbons (Fsp3) is 0.368. The van der Waals surface area contributed by atoms with Gasteiger partial charge in [0.25, 0.3) is 0 Å². The number of hydrogen-bond acceptors (Lipinski definition) is 6. The van der Waals surface area contributed by atoms with E-state index in [4.69, 9.17) is 5.73 Å². The fourth-order valence-electron chi connectivity index (χ4n) is 3.80. The van der Waals surface area contributed by atoms with Crippen LogP contribution in [0, 0.1) is 5.92 Å². The summed E-state index contributed by atoms with van der Waals surface area (Å²) in [5.41, 5.74) is 6.70. The van der Waals surface area contributed by atoms with Gasteiger partial charge in [0.2, 0.25) is 5.91 Å². The Morgan fingerprint density at radius 2 is 1.73 bits per heavy atom. The maximum Gasteiger partial charge on any atom is 0.315 e. The molecular formula is C19H21N5O5S. The largest absolute Gasteiger partial charge is 0.369 e. The fourth-order valence-corrected chi connectivity index (χ4v) is 5.29. The monoisotopic (exact) mass is 431 g/mol. The molecule has 0 saturated carbocycles. The molecule has 0 atom stereocenters. The molecule has 3 heterocycles. The maximum atomic E-state index is 12.7. The van der Waals surface area contributed by atoms with Gasteiger partial charge in [0.1, 0.15) is 5.82 Å². The molecule has 0 spiro atoms. The molecule has 1 saturated heterocycles. The first-order chi connectivity index (χ1) is 14.2. The van der Waals surface area contributed by atoms with Crippen molar-refractivity contribution in [1.29, 1.82) is 0 Å². The number of anilines is 1. The van der Waals surface area contributed by atoms with Crippen LogP contribution in [0.3, 0.4) is 0 Å². The molecule has 3 N–H and O–H groups in total. The van der Waals surface area contributed by atoms with Crippen LogP contribution >= 0.6 is 0 Å². The maximum absolute atomic E-state index is 12.7. The molecule has 3 amide bonds. The molecule has 0 radical (unpaired) electrons. The van der Waals surface area contributed by atoms with Crippen LogP contribution in [0.5, 0.6) is 0 Å². The summed E-state index contributed by atoms with van der Waals surface area (Å²) in [6, 6.07) is 8.94. The van der Waals surface area contributed by atoms with E-state index in [1.54, 1.807) is 24.3 Å². The Bertz CT molecular complexity index is 1120. The van der Waals surface area contributed by atoms with Crippen molar-refractivity contribution in [1.82, 2.24) is 14.7 Å². The number of likely N-dealkylation sites (tertiary alicyclic amines) is 1. The van der Waals surface area contributed by atoms with E-state index in [1.807, 2.05) is 6.07 Å². The number of piperidine rings is 1.